The van der Waals surface area contributed by atoms with Gasteiger partial charge in [0.25, 0.3) is 0 Å². The Morgan fingerprint density at radius 2 is 1.76 bits per heavy atom. The van der Waals surface area contributed by atoms with Gasteiger partial charge in [-0.3, -0.25) is 9.69 Å². The summed E-state index contributed by atoms with van der Waals surface area (Å²) in [4.78, 5) is 21.8. The number of benzene rings is 1. The second-order valence-electron chi connectivity index (χ2n) is 8.41. The fraction of sp³-hybridized carbons (Fsp3) is 0.565. The number of hydrogen-bond acceptors (Lipinski definition) is 5. The summed E-state index contributed by atoms with van der Waals surface area (Å²) in [5, 5.41) is 3.02. The third-order valence-electron chi connectivity index (χ3n) is 6.22. The SMILES string of the molecule is CC(C)N1CCN(C(=O)[C@H]2CC[C@H](Oc3ccc(-c4nccs4)cc3)CC2)CC1. The first-order valence-electron chi connectivity index (χ1n) is 10.8. The van der Waals surface area contributed by atoms with Gasteiger partial charge in [-0.05, 0) is 63.8 Å². The van der Waals surface area contributed by atoms with E-state index in [1.54, 1.807) is 11.3 Å². The molecule has 0 unspecified atom stereocenters. The van der Waals surface area contributed by atoms with Crippen LogP contribution >= 0.6 is 11.3 Å². The first-order chi connectivity index (χ1) is 14.1. The van der Waals surface area contributed by atoms with Crippen molar-refractivity contribution in [2.75, 3.05) is 26.2 Å². The highest BCUT2D eigenvalue weighted by Gasteiger charge is 2.32. The number of amides is 1. The summed E-state index contributed by atoms with van der Waals surface area (Å²) in [6.07, 6.45) is 5.82. The minimum absolute atomic E-state index is 0.174. The second-order valence-corrected chi connectivity index (χ2v) is 9.30. The van der Waals surface area contributed by atoms with Gasteiger partial charge in [0.1, 0.15) is 10.8 Å². The molecule has 5 nitrogen and oxygen atoms in total. The van der Waals surface area contributed by atoms with Crippen molar-refractivity contribution in [3.63, 3.8) is 0 Å². The number of ether oxygens (including phenoxy) is 1. The molecule has 2 aliphatic rings. The van der Waals surface area contributed by atoms with Gasteiger partial charge in [0, 0.05) is 55.3 Å². The van der Waals surface area contributed by atoms with E-state index < -0.39 is 0 Å². The summed E-state index contributed by atoms with van der Waals surface area (Å²) in [6.45, 7) is 8.20. The topological polar surface area (TPSA) is 45.7 Å². The van der Waals surface area contributed by atoms with Crippen LogP contribution in [0.5, 0.6) is 5.75 Å². The van der Waals surface area contributed by atoms with E-state index in [1.807, 2.05) is 23.7 Å². The lowest BCUT2D eigenvalue weighted by molar-refractivity contribution is -0.139. The molecule has 2 aromatic rings. The zero-order valence-electron chi connectivity index (χ0n) is 17.4. The molecule has 1 aromatic carbocycles. The average Bonchev–Trinajstić information content (AvgIpc) is 3.29. The monoisotopic (exact) mass is 413 g/mol. The van der Waals surface area contributed by atoms with Gasteiger partial charge < -0.3 is 9.64 Å². The number of carbonyl (C=O) groups excluding carboxylic acids is 1. The molecular weight excluding hydrogens is 382 g/mol. The molecule has 6 heteroatoms. The second kappa shape index (κ2) is 9.26. The standard InChI is InChI=1S/C23H31N3O2S/c1-17(2)25-12-14-26(15-13-25)23(27)19-5-9-21(10-6-19)28-20-7-3-18(4-8-20)22-24-11-16-29-22/h3-4,7-8,11,16-17,19,21H,5-6,9-10,12-15H2,1-2H3/t19-,21-. The molecule has 0 N–H and O–H groups in total. The van der Waals surface area contributed by atoms with Crippen LogP contribution in [0.1, 0.15) is 39.5 Å². The molecule has 0 bridgehead atoms. The molecular formula is C23H31N3O2S. The average molecular weight is 414 g/mol. The fourth-order valence-electron chi connectivity index (χ4n) is 4.38. The van der Waals surface area contributed by atoms with E-state index in [0.29, 0.717) is 11.9 Å². The van der Waals surface area contributed by atoms with Crippen molar-refractivity contribution >= 4 is 17.2 Å². The Morgan fingerprint density at radius 3 is 2.34 bits per heavy atom. The van der Waals surface area contributed by atoms with E-state index >= 15 is 0 Å². The Hall–Kier alpha value is -1.92. The maximum atomic E-state index is 12.9. The number of nitrogens with zero attached hydrogens (tertiary/aromatic N) is 3. The van der Waals surface area contributed by atoms with Crippen LogP contribution in [0.25, 0.3) is 10.6 Å². The van der Waals surface area contributed by atoms with E-state index in [-0.39, 0.29) is 12.0 Å². The van der Waals surface area contributed by atoms with Crippen molar-refractivity contribution in [3.05, 3.63) is 35.8 Å². The molecule has 1 aliphatic heterocycles. The minimum Gasteiger partial charge on any atom is -0.490 e. The molecule has 0 spiro atoms. The number of thiazole rings is 1. The number of piperazine rings is 1. The Bertz CT molecular complexity index is 775. The normalized spacial score (nSPS) is 23.3. The van der Waals surface area contributed by atoms with Crippen molar-refractivity contribution in [2.45, 2.75) is 51.7 Å². The third-order valence-corrected chi connectivity index (χ3v) is 7.04. The number of hydrogen-bond donors (Lipinski definition) is 0. The lowest BCUT2D eigenvalue weighted by atomic mass is 9.86. The van der Waals surface area contributed by atoms with Crippen molar-refractivity contribution in [1.82, 2.24) is 14.8 Å². The van der Waals surface area contributed by atoms with Crippen molar-refractivity contribution in [1.29, 1.82) is 0 Å². The number of aromatic nitrogens is 1. The summed E-state index contributed by atoms with van der Waals surface area (Å²) in [6, 6.07) is 8.76. The predicted molar refractivity (Wildman–Crippen MR) is 117 cm³/mol. The van der Waals surface area contributed by atoms with E-state index in [1.165, 1.54) is 0 Å². The van der Waals surface area contributed by atoms with Crippen LogP contribution in [0.3, 0.4) is 0 Å². The first kappa shape index (κ1) is 20.4. The quantitative estimate of drug-likeness (QED) is 0.733. The summed E-state index contributed by atoms with van der Waals surface area (Å²) < 4.78 is 6.19. The van der Waals surface area contributed by atoms with Gasteiger partial charge in [0.2, 0.25) is 5.91 Å². The molecule has 4 rings (SSSR count). The molecule has 156 valence electrons. The molecule has 1 amide bonds. The molecule has 1 saturated carbocycles. The van der Waals surface area contributed by atoms with Crippen molar-refractivity contribution in [2.24, 2.45) is 5.92 Å². The summed E-state index contributed by atoms with van der Waals surface area (Å²) in [5.41, 5.74) is 1.12. The van der Waals surface area contributed by atoms with Crippen LogP contribution < -0.4 is 4.74 Å². The highest BCUT2D eigenvalue weighted by Crippen LogP contribution is 2.30. The van der Waals surface area contributed by atoms with E-state index in [0.717, 1.165) is 68.2 Å². The Kier molecular flexibility index (Phi) is 6.50. The Labute approximate surface area is 177 Å². The predicted octanol–water partition coefficient (Wildman–Crippen LogP) is 4.30. The van der Waals surface area contributed by atoms with Gasteiger partial charge in [-0.1, -0.05) is 0 Å². The molecule has 29 heavy (non-hydrogen) atoms. The highest BCUT2D eigenvalue weighted by atomic mass is 32.1. The maximum absolute atomic E-state index is 12.9. The maximum Gasteiger partial charge on any atom is 0.225 e. The third kappa shape index (κ3) is 4.98. The van der Waals surface area contributed by atoms with Crippen LogP contribution in [0.15, 0.2) is 35.8 Å². The zero-order valence-corrected chi connectivity index (χ0v) is 18.2. The van der Waals surface area contributed by atoms with E-state index in [4.69, 9.17) is 4.74 Å². The molecule has 2 heterocycles. The zero-order chi connectivity index (χ0) is 20.2. The van der Waals surface area contributed by atoms with Gasteiger partial charge in [0.15, 0.2) is 0 Å². The first-order valence-corrected chi connectivity index (χ1v) is 11.7. The van der Waals surface area contributed by atoms with Gasteiger partial charge in [-0.25, -0.2) is 4.98 Å². The Balaban J connectivity index is 1.24. The van der Waals surface area contributed by atoms with Crippen LogP contribution in [0.2, 0.25) is 0 Å². The van der Waals surface area contributed by atoms with Crippen LogP contribution in [-0.4, -0.2) is 59.0 Å². The summed E-state index contributed by atoms with van der Waals surface area (Å²) in [5.74, 6) is 1.44. The van der Waals surface area contributed by atoms with Gasteiger partial charge in [-0.15, -0.1) is 11.3 Å². The number of rotatable bonds is 5. The molecule has 0 radical (unpaired) electrons. The van der Waals surface area contributed by atoms with Gasteiger partial charge in [-0.2, -0.15) is 0 Å². The lowest BCUT2D eigenvalue weighted by Crippen LogP contribution is -2.52. The largest absolute Gasteiger partial charge is 0.490 e. The van der Waals surface area contributed by atoms with Crippen molar-refractivity contribution in [3.8, 4) is 16.3 Å². The van der Waals surface area contributed by atoms with Gasteiger partial charge in [0.05, 0.1) is 6.10 Å². The van der Waals surface area contributed by atoms with Crippen LogP contribution in [-0.2, 0) is 4.79 Å². The van der Waals surface area contributed by atoms with Gasteiger partial charge >= 0.3 is 0 Å². The van der Waals surface area contributed by atoms with E-state index in [2.05, 4.69) is 40.8 Å². The Morgan fingerprint density at radius 1 is 1.07 bits per heavy atom. The lowest BCUT2D eigenvalue weighted by Gasteiger charge is -2.39. The fourth-order valence-corrected chi connectivity index (χ4v) is 5.02. The van der Waals surface area contributed by atoms with Crippen molar-refractivity contribution < 1.29 is 9.53 Å². The molecule has 2 fully saturated rings. The molecule has 0 atom stereocenters. The number of carbonyl (C=O) groups is 1. The van der Waals surface area contributed by atoms with Crippen LogP contribution in [0, 0.1) is 5.92 Å². The summed E-state index contributed by atoms with van der Waals surface area (Å²) in [7, 11) is 0. The highest BCUT2D eigenvalue weighted by molar-refractivity contribution is 7.13. The van der Waals surface area contributed by atoms with Crippen LogP contribution in [0.4, 0.5) is 0 Å². The minimum atomic E-state index is 0.174. The smallest absolute Gasteiger partial charge is 0.225 e. The van der Waals surface area contributed by atoms with E-state index in [9.17, 15) is 4.79 Å². The molecule has 1 aromatic heterocycles. The molecule has 1 aliphatic carbocycles. The molecule has 1 saturated heterocycles. The summed E-state index contributed by atoms with van der Waals surface area (Å²) >= 11 is 1.64.